The Morgan fingerprint density at radius 3 is 2.48 bits per heavy atom. The van der Waals surface area contributed by atoms with Crippen LogP contribution in [0.1, 0.15) is 11.1 Å². The smallest absolute Gasteiger partial charge is 0.309 e. The van der Waals surface area contributed by atoms with E-state index in [9.17, 15) is 14.9 Å². The van der Waals surface area contributed by atoms with Crippen molar-refractivity contribution >= 4 is 17.3 Å². The molecule has 0 aromatic heterocycles. The topological polar surface area (TPSA) is 114 Å². The normalized spacial score (nSPS) is 10.2. The fraction of sp³-hybridized carbons (Fsp3) is 0.235. The number of nitrogen functional groups attached to an aromatic ring is 1. The van der Waals surface area contributed by atoms with Crippen LogP contribution in [-0.4, -0.2) is 25.1 Å². The fourth-order valence-corrected chi connectivity index (χ4v) is 2.23. The predicted molar refractivity (Wildman–Crippen MR) is 91.0 cm³/mol. The lowest BCUT2D eigenvalue weighted by atomic mass is 10.1. The Hall–Kier alpha value is -3.29. The molecular formula is C17H18N2O6. The van der Waals surface area contributed by atoms with Gasteiger partial charge in [-0.3, -0.25) is 14.9 Å². The van der Waals surface area contributed by atoms with E-state index in [2.05, 4.69) is 4.74 Å². The summed E-state index contributed by atoms with van der Waals surface area (Å²) in [6, 6.07) is 7.73. The van der Waals surface area contributed by atoms with Gasteiger partial charge in [0.2, 0.25) is 0 Å². The van der Waals surface area contributed by atoms with Gasteiger partial charge in [0.25, 0.3) is 5.69 Å². The van der Waals surface area contributed by atoms with Gasteiger partial charge in [-0.15, -0.1) is 0 Å². The molecule has 2 aromatic carbocycles. The maximum absolute atomic E-state index is 11.4. The van der Waals surface area contributed by atoms with E-state index in [4.69, 9.17) is 15.2 Å². The van der Waals surface area contributed by atoms with Crippen molar-refractivity contribution in [2.24, 2.45) is 0 Å². The molecule has 0 amide bonds. The van der Waals surface area contributed by atoms with Crippen molar-refractivity contribution in [3.63, 3.8) is 0 Å². The highest BCUT2D eigenvalue weighted by atomic mass is 16.6. The molecule has 0 atom stereocenters. The number of nitro benzene ring substituents is 1. The molecule has 8 nitrogen and oxygen atoms in total. The largest absolute Gasteiger partial charge is 0.493 e. The van der Waals surface area contributed by atoms with E-state index in [1.807, 2.05) is 0 Å². The summed E-state index contributed by atoms with van der Waals surface area (Å²) < 4.78 is 15.7. The molecule has 0 radical (unpaired) electrons. The first-order valence-corrected chi connectivity index (χ1v) is 7.31. The zero-order valence-electron chi connectivity index (χ0n) is 14.1. The quantitative estimate of drug-likeness (QED) is 0.370. The van der Waals surface area contributed by atoms with Crippen LogP contribution in [0.5, 0.6) is 17.2 Å². The third-order valence-corrected chi connectivity index (χ3v) is 3.55. The number of rotatable bonds is 6. The molecule has 0 spiro atoms. The molecule has 0 aliphatic carbocycles. The Morgan fingerprint density at radius 2 is 1.88 bits per heavy atom. The van der Waals surface area contributed by atoms with Crippen molar-refractivity contribution in [2.45, 2.75) is 13.3 Å². The summed E-state index contributed by atoms with van der Waals surface area (Å²) in [5, 5.41) is 10.9. The van der Waals surface area contributed by atoms with Gasteiger partial charge in [-0.05, 0) is 30.7 Å². The number of nitrogens with two attached hydrogens (primary N) is 1. The summed E-state index contributed by atoms with van der Waals surface area (Å²) in [5.74, 6) is 0.681. The molecule has 0 aliphatic heterocycles. The molecule has 0 fully saturated rings. The van der Waals surface area contributed by atoms with Crippen molar-refractivity contribution in [1.82, 2.24) is 0 Å². The highest BCUT2D eigenvalue weighted by Gasteiger charge is 2.17. The molecule has 0 saturated carbocycles. The number of hydrogen-bond donors (Lipinski definition) is 1. The molecule has 2 rings (SSSR count). The first-order chi connectivity index (χ1) is 11.8. The number of methoxy groups -OCH3 is 2. The van der Waals surface area contributed by atoms with Crippen molar-refractivity contribution in [2.75, 3.05) is 20.0 Å². The van der Waals surface area contributed by atoms with Gasteiger partial charge in [-0.25, -0.2) is 0 Å². The molecule has 2 N–H and O–H groups in total. The summed E-state index contributed by atoms with van der Waals surface area (Å²) >= 11 is 0. The van der Waals surface area contributed by atoms with Gasteiger partial charge in [0.05, 0.1) is 31.3 Å². The number of aryl methyl sites for hydroxylation is 1. The van der Waals surface area contributed by atoms with E-state index in [1.54, 1.807) is 25.1 Å². The fourth-order valence-electron chi connectivity index (χ4n) is 2.23. The summed E-state index contributed by atoms with van der Waals surface area (Å²) in [4.78, 5) is 21.8. The van der Waals surface area contributed by atoms with Gasteiger partial charge in [-0.2, -0.15) is 0 Å². The van der Waals surface area contributed by atoms with Crippen LogP contribution in [0.25, 0.3) is 0 Å². The van der Waals surface area contributed by atoms with Gasteiger partial charge < -0.3 is 19.9 Å². The lowest BCUT2D eigenvalue weighted by molar-refractivity contribution is -0.385. The maximum atomic E-state index is 11.4. The van der Waals surface area contributed by atoms with Crippen LogP contribution in [0.15, 0.2) is 30.3 Å². The van der Waals surface area contributed by atoms with Crippen molar-refractivity contribution in [1.29, 1.82) is 0 Å². The average molecular weight is 346 g/mol. The molecule has 0 heterocycles. The number of benzene rings is 2. The minimum atomic E-state index is -0.502. The van der Waals surface area contributed by atoms with Gasteiger partial charge >= 0.3 is 5.97 Å². The van der Waals surface area contributed by atoms with Crippen LogP contribution in [0, 0.1) is 17.0 Å². The molecule has 0 unspecified atom stereocenters. The van der Waals surface area contributed by atoms with E-state index in [0.717, 1.165) is 0 Å². The van der Waals surface area contributed by atoms with E-state index in [-0.39, 0.29) is 29.5 Å². The standard InChI is InChI=1S/C17H18N2O6/c1-10-6-15(12(18)9-13(10)19(21)22)25-14-5-4-11(7-16(14)23-2)8-17(20)24-3/h4-7,9H,8,18H2,1-3H3. The molecule has 0 saturated heterocycles. The summed E-state index contributed by atoms with van der Waals surface area (Å²) in [6.45, 7) is 1.60. The molecule has 0 bridgehead atoms. The number of carbonyl (C=O) groups excluding carboxylic acids is 1. The van der Waals surface area contributed by atoms with Crippen LogP contribution in [-0.2, 0) is 16.0 Å². The third-order valence-electron chi connectivity index (χ3n) is 3.55. The summed E-state index contributed by atoms with van der Waals surface area (Å²) in [7, 11) is 2.78. The van der Waals surface area contributed by atoms with Crippen molar-refractivity contribution in [3.8, 4) is 17.2 Å². The minimum absolute atomic E-state index is 0.0785. The van der Waals surface area contributed by atoms with Crippen LogP contribution in [0.4, 0.5) is 11.4 Å². The molecule has 8 heteroatoms. The molecule has 25 heavy (non-hydrogen) atoms. The molecule has 0 aliphatic rings. The number of anilines is 1. The van der Waals surface area contributed by atoms with Crippen LogP contribution < -0.4 is 15.2 Å². The first kappa shape index (κ1) is 18.1. The number of esters is 1. The van der Waals surface area contributed by atoms with E-state index >= 15 is 0 Å². The Bertz CT molecular complexity index is 819. The number of nitrogens with zero attached hydrogens (tertiary/aromatic N) is 1. The zero-order chi connectivity index (χ0) is 18.6. The number of ether oxygens (including phenoxy) is 3. The highest BCUT2D eigenvalue weighted by Crippen LogP contribution is 2.37. The minimum Gasteiger partial charge on any atom is -0.493 e. The van der Waals surface area contributed by atoms with Crippen LogP contribution in [0.2, 0.25) is 0 Å². The molecule has 2 aromatic rings. The van der Waals surface area contributed by atoms with E-state index in [1.165, 1.54) is 26.4 Å². The van der Waals surface area contributed by atoms with Gasteiger partial charge in [-0.1, -0.05) is 6.07 Å². The summed E-state index contributed by atoms with van der Waals surface area (Å²) in [5.41, 5.74) is 7.03. The Labute approximate surface area is 144 Å². The highest BCUT2D eigenvalue weighted by molar-refractivity contribution is 5.73. The number of carbonyl (C=O) groups is 1. The first-order valence-electron chi connectivity index (χ1n) is 7.31. The van der Waals surface area contributed by atoms with E-state index < -0.39 is 4.92 Å². The average Bonchev–Trinajstić information content (AvgIpc) is 2.58. The van der Waals surface area contributed by atoms with Crippen LogP contribution >= 0.6 is 0 Å². The predicted octanol–water partition coefficient (Wildman–Crippen LogP) is 3.00. The lowest BCUT2D eigenvalue weighted by Crippen LogP contribution is -2.05. The van der Waals surface area contributed by atoms with E-state index in [0.29, 0.717) is 22.6 Å². The molecule has 132 valence electrons. The third kappa shape index (κ3) is 4.17. The second kappa shape index (κ2) is 7.52. The SMILES string of the molecule is COC(=O)Cc1ccc(Oc2cc(C)c([N+](=O)[O-])cc2N)c(OC)c1. The Morgan fingerprint density at radius 1 is 1.16 bits per heavy atom. The summed E-state index contributed by atoms with van der Waals surface area (Å²) in [6.07, 6.45) is 0.103. The van der Waals surface area contributed by atoms with Crippen LogP contribution in [0.3, 0.4) is 0 Å². The van der Waals surface area contributed by atoms with Crippen molar-refractivity contribution < 1.29 is 23.9 Å². The Balaban J connectivity index is 2.32. The van der Waals surface area contributed by atoms with Gasteiger partial charge in [0.1, 0.15) is 0 Å². The van der Waals surface area contributed by atoms with Gasteiger partial charge in [0.15, 0.2) is 17.2 Å². The lowest BCUT2D eigenvalue weighted by Gasteiger charge is -2.13. The Kier molecular flexibility index (Phi) is 5.43. The van der Waals surface area contributed by atoms with Crippen molar-refractivity contribution in [3.05, 3.63) is 51.6 Å². The maximum Gasteiger partial charge on any atom is 0.309 e. The zero-order valence-corrected chi connectivity index (χ0v) is 14.1. The second-order valence-electron chi connectivity index (χ2n) is 5.27. The number of nitro groups is 1. The monoisotopic (exact) mass is 346 g/mol. The van der Waals surface area contributed by atoms with Gasteiger partial charge in [0, 0.05) is 11.6 Å². The second-order valence-corrected chi connectivity index (χ2v) is 5.27. The number of hydrogen-bond acceptors (Lipinski definition) is 7. The molecular weight excluding hydrogens is 328 g/mol.